The zero-order chi connectivity index (χ0) is 13.7. The summed E-state index contributed by atoms with van der Waals surface area (Å²) < 4.78 is 5.82. The molecule has 19 heavy (non-hydrogen) atoms. The Morgan fingerprint density at radius 2 is 2.00 bits per heavy atom. The van der Waals surface area contributed by atoms with Crippen molar-refractivity contribution in [1.82, 2.24) is 5.32 Å². The predicted molar refractivity (Wildman–Crippen MR) is 80.2 cm³/mol. The lowest BCUT2D eigenvalue weighted by Gasteiger charge is -2.36. The minimum absolute atomic E-state index is 0.0204. The van der Waals surface area contributed by atoms with Gasteiger partial charge >= 0.3 is 0 Å². The molecule has 1 unspecified atom stereocenters. The minimum atomic E-state index is 0.0204. The van der Waals surface area contributed by atoms with E-state index in [1.807, 2.05) is 0 Å². The maximum atomic E-state index is 5.82. The summed E-state index contributed by atoms with van der Waals surface area (Å²) in [6.45, 7) is 8.62. The van der Waals surface area contributed by atoms with Crippen LogP contribution in [-0.4, -0.2) is 19.2 Å². The number of rotatable bonds is 6. The van der Waals surface area contributed by atoms with Gasteiger partial charge in [-0.2, -0.15) is 0 Å². The van der Waals surface area contributed by atoms with E-state index in [-0.39, 0.29) is 11.5 Å². The second-order valence-electron chi connectivity index (χ2n) is 5.72. The SMILES string of the molecule is CCCNC(C1=CCCO1)C(C)(C)c1ccccc1. The maximum absolute atomic E-state index is 5.82. The molecule has 0 saturated heterocycles. The smallest absolute Gasteiger partial charge is 0.110 e. The van der Waals surface area contributed by atoms with Crippen LogP contribution in [0.15, 0.2) is 42.2 Å². The molecule has 1 N–H and O–H groups in total. The van der Waals surface area contributed by atoms with Crippen LogP contribution in [0.25, 0.3) is 0 Å². The van der Waals surface area contributed by atoms with E-state index in [0.29, 0.717) is 0 Å². The fraction of sp³-hybridized carbons (Fsp3) is 0.529. The van der Waals surface area contributed by atoms with Gasteiger partial charge in [0, 0.05) is 11.8 Å². The maximum Gasteiger partial charge on any atom is 0.110 e. The topological polar surface area (TPSA) is 21.3 Å². The molecule has 104 valence electrons. The molecule has 2 heteroatoms. The summed E-state index contributed by atoms with van der Waals surface area (Å²) in [7, 11) is 0. The summed E-state index contributed by atoms with van der Waals surface area (Å²) in [6.07, 6.45) is 4.40. The van der Waals surface area contributed by atoms with Crippen molar-refractivity contribution in [1.29, 1.82) is 0 Å². The summed E-state index contributed by atoms with van der Waals surface area (Å²) in [5, 5.41) is 3.66. The fourth-order valence-electron chi connectivity index (χ4n) is 2.67. The molecule has 0 saturated carbocycles. The van der Waals surface area contributed by atoms with Gasteiger partial charge < -0.3 is 10.1 Å². The summed E-state index contributed by atoms with van der Waals surface area (Å²) in [5.41, 5.74) is 1.37. The Hall–Kier alpha value is -1.28. The molecule has 2 rings (SSSR count). The van der Waals surface area contributed by atoms with Crippen LogP contribution < -0.4 is 5.32 Å². The minimum Gasteiger partial charge on any atom is -0.496 e. The van der Waals surface area contributed by atoms with Gasteiger partial charge in [0.25, 0.3) is 0 Å². The Labute approximate surface area is 116 Å². The first-order valence-corrected chi connectivity index (χ1v) is 7.28. The molecule has 1 aromatic rings. The number of benzene rings is 1. The van der Waals surface area contributed by atoms with Gasteiger partial charge in [0.1, 0.15) is 5.76 Å². The van der Waals surface area contributed by atoms with Gasteiger partial charge in [0.05, 0.1) is 12.6 Å². The molecule has 1 aliphatic heterocycles. The molecular formula is C17H25NO. The summed E-state index contributed by atoms with van der Waals surface area (Å²) in [6, 6.07) is 10.9. The Bertz CT molecular complexity index is 422. The molecule has 0 fully saturated rings. The lowest BCUT2D eigenvalue weighted by molar-refractivity contribution is 0.188. The Kier molecular flexibility index (Phi) is 4.65. The number of ether oxygens (including phenoxy) is 1. The fourth-order valence-corrected chi connectivity index (χ4v) is 2.67. The summed E-state index contributed by atoms with van der Waals surface area (Å²) >= 11 is 0. The molecule has 1 aromatic carbocycles. The van der Waals surface area contributed by atoms with Gasteiger partial charge in [0.2, 0.25) is 0 Å². The normalized spacial score (nSPS) is 16.9. The second-order valence-corrected chi connectivity index (χ2v) is 5.72. The highest BCUT2D eigenvalue weighted by molar-refractivity contribution is 5.30. The average molecular weight is 259 g/mol. The van der Waals surface area contributed by atoms with Crippen LogP contribution >= 0.6 is 0 Å². The van der Waals surface area contributed by atoms with E-state index in [0.717, 1.165) is 31.8 Å². The lowest BCUT2D eigenvalue weighted by Crippen LogP contribution is -2.46. The molecule has 0 bridgehead atoms. The first-order chi connectivity index (χ1) is 9.16. The Balaban J connectivity index is 2.25. The number of hydrogen-bond donors (Lipinski definition) is 1. The zero-order valence-corrected chi connectivity index (χ0v) is 12.3. The highest BCUT2D eigenvalue weighted by Crippen LogP contribution is 2.32. The van der Waals surface area contributed by atoms with E-state index in [1.54, 1.807) is 0 Å². The van der Waals surface area contributed by atoms with Gasteiger partial charge in [-0.25, -0.2) is 0 Å². The van der Waals surface area contributed by atoms with E-state index in [1.165, 1.54) is 5.56 Å². The molecule has 0 radical (unpaired) electrons. The number of hydrogen-bond acceptors (Lipinski definition) is 2. The van der Waals surface area contributed by atoms with Crippen molar-refractivity contribution in [2.75, 3.05) is 13.2 Å². The van der Waals surface area contributed by atoms with E-state index in [4.69, 9.17) is 4.74 Å². The van der Waals surface area contributed by atoms with Crippen molar-refractivity contribution in [3.05, 3.63) is 47.7 Å². The van der Waals surface area contributed by atoms with Crippen LogP contribution in [0.5, 0.6) is 0 Å². The summed E-state index contributed by atoms with van der Waals surface area (Å²) in [5.74, 6) is 1.11. The third-order valence-electron chi connectivity index (χ3n) is 3.85. The first kappa shape index (κ1) is 14.1. The van der Waals surface area contributed by atoms with Gasteiger partial charge in [-0.3, -0.25) is 0 Å². The van der Waals surface area contributed by atoms with E-state index in [9.17, 15) is 0 Å². The standard InChI is InChI=1S/C17H25NO/c1-4-12-18-16(15-11-8-13-19-15)17(2,3)14-9-6-5-7-10-14/h5-7,9-11,16,18H,4,8,12-13H2,1-3H3. The van der Waals surface area contributed by atoms with Crippen LogP contribution in [0.3, 0.4) is 0 Å². The molecule has 2 nitrogen and oxygen atoms in total. The molecular weight excluding hydrogens is 234 g/mol. The third-order valence-corrected chi connectivity index (χ3v) is 3.85. The van der Waals surface area contributed by atoms with Crippen molar-refractivity contribution in [3.63, 3.8) is 0 Å². The third kappa shape index (κ3) is 3.19. The molecule has 0 amide bonds. The van der Waals surface area contributed by atoms with Crippen molar-refractivity contribution < 1.29 is 4.74 Å². The van der Waals surface area contributed by atoms with E-state index >= 15 is 0 Å². The molecule has 1 atom stereocenters. The van der Waals surface area contributed by atoms with Crippen molar-refractivity contribution in [2.24, 2.45) is 0 Å². The van der Waals surface area contributed by atoms with Gasteiger partial charge in [-0.15, -0.1) is 0 Å². The Morgan fingerprint density at radius 3 is 2.58 bits per heavy atom. The van der Waals surface area contributed by atoms with Crippen molar-refractivity contribution in [2.45, 2.75) is 45.1 Å². The van der Waals surface area contributed by atoms with Crippen LogP contribution in [-0.2, 0) is 10.2 Å². The van der Waals surface area contributed by atoms with Gasteiger partial charge in [0.15, 0.2) is 0 Å². The monoisotopic (exact) mass is 259 g/mol. The predicted octanol–water partition coefficient (Wildman–Crippen LogP) is 3.64. The van der Waals surface area contributed by atoms with Crippen LogP contribution in [0.4, 0.5) is 0 Å². The van der Waals surface area contributed by atoms with Crippen LogP contribution in [0, 0.1) is 0 Å². The first-order valence-electron chi connectivity index (χ1n) is 7.28. The largest absolute Gasteiger partial charge is 0.496 e. The zero-order valence-electron chi connectivity index (χ0n) is 12.3. The lowest BCUT2D eigenvalue weighted by atomic mass is 9.76. The van der Waals surface area contributed by atoms with Crippen LogP contribution in [0.2, 0.25) is 0 Å². The Morgan fingerprint density at radius 1 is 1.26 bits per heavy atom. The highest BCUT2D eigenvalue weighted by atomic mass is 16.5. The molecule has 0 aliphatic carbocycles. The van der Waals surface area contributed by atoms with Gasteiger partial charge in [-0.1, -0.05) is 51.1 Å². The van der Waals surface area contributed by atoms with E-state index < -0.39 is 0 Å². The van der Waals surface area contributed by atoms with Gasteiger partial charge in [-0.05, 0) is 24.6 Å². The highest BCUT2D eigenvalue weighted by Gasteiger charge is 2.35. The average Bonchev–Trinajstić information content (AvgIpc) is 2.94. The van der Waals surface area contributed by atoms with Crippen molar-refractivity contribution in [3.8, 4) is 0 Å². The number of nitrogens with one attached hydrogen (secondary N) is 1. The second kappa shape index (κ2) is 6.25. The quantitative estimate of drug-likeness (QED) is 0.842. The molecule has 0 spiro atoms. The van der Waals surface area contributed by atoms with E-state index in [2.05, 4.69) is 62.5 Å². The van der Waals surface area contributed by atoms with Crippen LogP contribution in [0.1, 0.15) is 39.2 Å². The van der Waals surface area contributed by atoms with Crippen molar-refractivity contribution >= 4 is 0 Å². The molecule has 0 aromatic heterocycles. The summed E-state index contributed by atoms with van der Waals surface area (Å²) in [4.78, 5) is 0. The molecule has 1 heterocycles. The molecule has 1 aliphatic rings.